The maximum atomic E-state index is 6.15. The van der Waals surface area contributed by atoms with Crippen molar-refractivity contribution in [2.45, 2.75) is 45.0 Å². The Morgan fingerprint density at radius 3 is 2.26 bits per heavy atom. The number of rotatable bonds is 5. The Hall–Kier alpha value is -1.24. The minimum Gasteiger partial charge on any atom is -0.490 e. The van der Waals surface area contributed by atoms with E-state index in [1.165, 1.54) is 0 Å². The van der Waals surface area contributed by atoms with Crippen LogP contribution in [0.3, 0.4) is 0 Å². The summed E-state index contributed by atoms with van der Waals surface area (Å²) < 4.78 is 11.8. The molecule has 1 aromatic carbocycles. The van der Waals surface area contributed by atoms with Gasteiger partial charge in [-0.2, -0.15) is 0 Å². The molecule has 0 radical (unpaired) electrons. The first-order chi connectivity index (χ1) is 8.76. The molecule has 0 aliphatic carbocycles. The van der Waals surface area contributed by atoms with Crippen LogP contribution in [0.5, 0.6) is 5.75 Å². The fourth-order valence-corrected chi connectivity index (χ4v) is 2.54. The highest BCUT2D eigenvalue weighted by Crippen LogP contribution is 2.37. The molecule has 1 aromatic rings. The Bertz CT molecular complexity index is 426. The molecule has 0 aromatic heterocycles. The number of hydrogen-bond acceptors (Lipinski definition) is 2. The monoisotopic (exact) mass is 276 g/mol. The van der Waals surface area contributed by atoms with Gasteiger partial charge in [0.15, 0.2) is 8.32 Å². The van der Waals surface area contributed by atoms with Crippen LogP contribution in [0, 0.1) is 12.3 Å². The van der Waals surface area contributed by atoms with Gasteiger partial charge in [0.05, 0.1) is 0 Å². The van der Waals surface area contributed by atoms with Gasteiger partial charge in [0.25, 0.3) is 0 Å². The molecule has 0 saturated heterocycles. The van der Waals surface area contributed by atoms with Gasteiger partial charge in [-0.25, -0.2) is 0 Å². The first-order valence-electron chi connectivity index (χ1n) is 6.58. The smallest absolute Gasteiger partial charge is 0.193 e. The van der Waals surface area contributed by atoms with Crippen LogP contribution in [-0.2, 0) is 4.43 Å². The molecule has 2 nitrogen and oxygen atoms in total. The van der Waals surface area contributed by atoms with E-state index in [1.54, 1.807) is 0 Å². The minimum atomic E-state index is -1.85. The molecule has 0 saturated carbocycles. The van der Waals surface area contributed by atoms with Gasteiger partial charge >= 0.3 is 0 Å². The molecule has 104 valence electrons. The van der Waals surface area contributed by atoms with Crippen LogP contribution >= 0.6 is 0 Å². The van der Waals surface area contributed by atoms with Crippen LogP contribution in [0.1, 0.15) is 20.8 Å². The van der Waals surface area contributed by atoms with E-state index in [2.05, 4.69) is 39.8 Å². The van der Waals surface area contributed by atoms with Crippen molar-refractivity contribution in [1.82, 2.24) is 0 Å². The van der Waals surface area contributed by atoms with E-state index in [-0.39, 0.29) is 11.1 Å². The van der Waals surface area contributed by atoms with Crippen molar-refractivity contribution in [3.05, 3.63) is 30.3 Å². The number of ether oxygens (including phenoxy) is 1. The Morgan fingerprint density at radius 1 is 1.21 bits per heavy atom. The van der Waals surface area contributed by atoms with E-state index < -0.39 is 8.32 Å². The topological polar surface area (TPSA) is 18.5 Å². The molecule has 0 unspecified atom stereocenters. The Labute approximate surface area is 118 Å². The average molecular weight is 276 g/mol. The normalized spacial score (nSPS) is 13.7. The van der Waals surface area contributed by atoms with Crippen LogP contribution in [0.25, 0.3) is 0 Å². The quantitative estimate of drug-likeness (QED) is 0.596. The van der Waals surface area contributed by atoms with Gasteiger partial charge in [0.2, 0.25) is 0 Å². The third-order valence-corrected chi connectivity index (χ3v) is 8.06. The highest BCUT2D eigenvalue weighted by molar-refractivity contribution is 6.74. The second kappa shape index (κ2) is 6.27. The zero-order valence-electron chi connectivity index (χ0n) is 12.6. The molecule has 0 aliphatic rings. The third kappa shape index (κ3) is 4.74. The van der Waals surface area contributed by atoms with Crippen LogP contribution in [0.15, 0.2) is 30.3 Å². The molecule has 0 fully saturated rings. The maximum Gasteiger partial charge on any atom is 0.193 e. The average Bonchev–Trinajstić information content (AvgIpc) is 2.34. The standard InChI is InChI=1S/C16H24O2Si/c1-7-14(18-19(5,6)16(2,3)4)13-17-15-11-9-8-10-12-15/h1,8-12,14H,13H2,2-6H3/t14-/m0/s1. The van der Waals surface area contributed by atoms with Gasteiger partial charge in [-0.15, -0.1) is 6.42 Å². The summed E-state index contributed by atoms with van der Waals surface area (Å²) in [6.07, 6.45) is 5.26. The van der Waals surface area contributed by atoms with Crippen LogP contribution < -0.4 is 4.74 Å². The molecule has 0 amide bonds. The summed E-state index contributed by atoms with van der Waals surface area (Å²) in [5.41, 5.74) is 0. The number of terminal acetylenes is 1. The van der Waals surface area contributed by atoms with Crippen LogP contribution in [0.4, 0.5) is 0 Å². The zero-order chi connectivity index (χ0) is 14.5. The van der Waals surface area contributed by atoms with Gasteiger partial charge in [0, 0.05) is 0 Å². The first-order valence-corrected chi connectivity index (χ1v) is 9.49. The fraction of sp³-hybridized carbons (Fsp3) is 0.500. The molecule has 0 aliphatic heterocycles. The van der Waals surface area contributed by atoms with Crippen molar-refractivity contribution in [2.75, 3.05) is 6.61 Å². The molecular weight excluding hydrogens is 252 g/mol. The molecular formula is C16H24O2Si. The van der Waals surface area contributed by atoms with E-state index >= 15 is 0 Å². The maximum absolute atomic E-state index is 6.15. The highest BCUT2D eigenvalue weighted by Gasteiger charge is 2.39. The summed E-state index contributed by atoms with van der Waals surface area (Å²) in [6.45, 7) is 11.4. The molecule has 19 heavy (non-hydrogen) atoms. The first kappa shape index (κ1) is 15.8. The molecule has 1 rings (SSSR count). The van der Waals surface area contributed by atoms with E-state index in [4.69, 9.17) is 15.6 Å². The van der Waals surface area contributed by atoms with Gasteiger partial charge < -0.3 is 9.16 Å². The van der Waals surface area contributed by atoms with Crippen molar-refractivity contribution in [2.24, 2.45) is 0 Å². The van der Waals surface area contributed by atoms with Gasteiger partial charge in [-0.3, -0.25) is 0 Å². The predicted octanol–water partition coefficient (Wildman–Crippen LogP) is 4.09. The summed E-state index contributed by atoms with van der Waals surface area (Å²) in [5, 5.41) is 0.148. The molecule has 0 N–H and O–H groups in total. The molecule has 0 spiro atoms. The van der Waals surface area contributed by atoms with Crippen molar-refractivity contribution in [1.29, 1.82) is 0 Å². The highest BCUT2D eigenvalue weighted by atomic mass is 28.4. The Kier molecular flexibility index (Phi) is 5.22. The third-order valence-electron chi connectivity index (χ3n) is 3.57. The Balaban J connectivity index is 2.59. The molecule has 3 heteroatoms. The van der Waals surface area contributed by atoms with Gasteiger partial charge in [0.1, 0.15) is 18.5 Å². The van der Waals surface area contributed by atoms with E-state index in [0.717, 1.165) is 5.75 Å². The van der Waals surface area contributed by atoms with Crippen LogP contribution in [0.2, 0.25) is 18.1 Å². The fourth-order valence-electron chi connectivity index (χ4n) is 1.34. The predicted molar refractivity (Wildman–Crippen MR) is 82.8 cm³/mol. The molecule has 0 bridgehead atoms. The second-order valence-electron chi connectivity index (χ2n) is 6.16. The number of para-hydroxylation sites is 1. The second-order valence-corrected chi connectivity index (χ2v) is 10.9. The number of hydrogen-bond donors (Lipinski definition) is 0. The van der Waals surface area contributed by atoms with E-state index in [0.29, 0.717) is 6.61 Å². The lowest BCUT2D eigenvalue weighted by Crippen LogP contribution is -2.45. The summed E-state index contributed by atoms with van der Waals surface area (Å²) in [7, 11) is -1.85. The lowest BCUT2D eigenvalue weighted by molar-refractivity contribution is 0.157. The summed E-state index contributed by atoms with van der Waals surface area (Å²) in [6, 6.07) is 9.67. The van der Waals surface area contributed by atoms with Crippen molar-refractivity contribution in [3.8, 4) is 18.1 Å². The zero-order valence-corrected chi connectivity index (χ0v) is 13.6. The summed E-state index contributed by atoms with van der Waals surface area (Å²) in [4.78, 5) is 0. The molecule has 0 heterocycles. The van der Waals surface area contributed by atoms with Gasteiger partial charge in [-0.1, -0.05) is 44.9 Å². The molecule has 1 atom stereocenters. The van der Waals surface area contributed by atoms with Crippen molar-refractivity contribution in [3.63, 3.8) is 0 Å². The Morgan fingerprint density at radius 2 is 1.79 bits per heavy atom. The summed E-state index contributed by atoms with van der Waals surface area (Å²) in [5.74, 6) is 3.51. The van der Waals surface area contributed by atoms with Crippen LogP contribution in [-0.4, -0.2) is 21.0 Å². The summed E-state index contributed by atoms with van der Waals surface area (Å²) >= 11 is 0. The largest absolute Gasteiger partial charge is 0.490 e. The number of benzene rings is 1. The minimum absolute atomic E-state index is 0.148. The SMILES string of the molecule is C#C[C@@H](COc1ccccc1)O[Si](C)(C)C(C)(C)C. The lowest BCUT2D eigenvalue weighted by Gasteiger charge is -2.37. The van der Waals surface area contributed by atoms with Crippen molar-refractivity contribution < 1.29 is 9.16 Å². The lowest BCUT2D eigenvalue weighted by atomic mass is 10.2. The van der Waals surface area contributed by atoms with E-state index in [9.17, 15) is 0 Å². The van der Waals surface area contributed by atoms with E-state index in [1.807, 2.05) is 30.3 Å². The van der Waals surface area contributed by atoms with Gasteiger partial charge in [-0.05, 0) is 30.3 Å². The van der Waals surface area contributed by atoms with Crippen molar-refractivity contribution >= 4 is 8.32 Å².